The summed E-state index contributed by atoms with van der Waals surface area (Å²) in [5.41, 5.74) is 4.75. The van der Waals surface area contributed by atoms with Gasteiger partial charge < -0.3 is 19.2 Å². The van der Waals surface area contributed by atoms with Crippen molar-refractivity contribution in [1.29, 1.82) is 0 Å². The minimum absolute atomic E-state index is 0.0128. The number of carbonyl (C=O) groups excluding carboxylic acids is 2. The van der Waals surface area contributed by atoms with Crippen LogP contribution in [0.2, 0.25) is 11.4 Å². The quantitative estimate of drug-likeness (QED) is 0.137. The first-order valence-electron chi connectivity index (χ1n) is 18.4. The van der Waals surface area contributed by atoms with E-state index in [0.717, 1.165) is 22.3 Å². The van der Waals surface area contributed by atoms with Crippen LogP contribution in [0.15, 0.2) is 126 Å². The molecule has 52 heavy (non-hydrogen) atoms. The number of Topliss-reactive ketones (excluding diaryl/α,β-unsaturated/α-hetero) is 2. The summed E-state index contributed by atoms with van der Waals surface area (Å²) in [6, 6.07) is 35.4. The lowest BCUT2D eigenvalue weighted by atomic mass is 9.54. The Kier molecular flexibility index (Phi) is 10.1. The second kappa shape index (κ2) is 14.6. The van der Waals surface area contributed by atoms with E-state index >= 15 is 0 Å². The molecule has 2 N–H and O–H groups in total. The molecule has 6 nitrogen and oxygen atoms in total. The lowest BCUT2D eigenvalue weighted by Crippen LogP contribution is -2.66. The molecule has 4 aromatic rings. The molecule has 1 aliphatic heterocycles. The molecule has 0 bridgehead atoms. The van der Waals surface area contributed by atoms with Crippen LogP contribution in [-0.4, -0.2) is 49.8 Å². The summed E-state index contributed by atoms with van der Waals surface area (Å²) in [4.78, 5) is 28.6. The van der Waals surface area contributed by atoms with E-state index in [0.29, 0.717) is 30.4 Å². The first-order valence-corrected chi connectivity index (χ1v) is 20.3. The number of ketones is 2. The third-order valence-corrected chi connectivity index (χ3v) is 16.4. The summed E-state index contributed by atoms with van der Waals surface area (Å²) in [6.45, 7) is 9.06. The second-order valence-corrected chi connectivity index (χ2v) is 19.9. The van der Waals surface area contributed by atoms with Crippen LogP contribution in [0.4, 0.5) is 0 Å². The molecule has 0 radical (unpaired) electrons. The molecular formula is C44H47BO6Si. The Morgan fingerprint density at radius 1 is 0.846 bits per heavy atom. The smallest absolute Gasteiger partial charge is 0.455 e. The number of aromatic hydroxyl groups is 1. The third-order valence-electron chi connectivity index (χ3n) is 11.4. The summed E-state index contributed by atoms with van der Waals surface area (Å²) in [7, 11) is -4.02. The number of para-hydroxylation sites is 1. The van der Waals surface area contributed by atoms with Crippen LogP contribution in [0.25, 0.3) is 6.08 Å². The normalized spacial score (nSPS) is 22.2. The average molecular weight is 711 g/mol. The van der Waals surface area contributed by atoms with Gasteiger partial charge in [0.15, 0.2) is 11.6 Å². The van der Waals surface area contributed by atoms with Crippen LogP contribution >= 0.6 is 0 Å². The van der Waals surface area contributed by atoms with E-state index in [-0.39, 0.29) is 41.2 Å². The van der Waals surface area contributed by atoms with Gasteiger partial charge in [0.05, 0.1) is 12.7 Å². The van der Waals surface area contributed by atoms with E-state index in [1.807, 2.05) is 49.4 Å². The van der Waals surface area contributed by atoms with Gasteiger partial charge in [0.1, 0.15) is 5.75 Å². The zero-order valence-electron chi connectivity index (χ0n) is 30.4. The van der Waals surface area contributed by atoms with Gasteiger partial charge in [-0.05, 0) is 71.0 Å². The van der Waals surface area contributed by atoms with Crippen LogP contribution in [0.3, 0.4) is 0 Å². The molecule has 0 saturated carbocycles. The maximum atomic E-state index is 14.3. The Labute approximate surface area is 308 Å². The molecule has 4 aromatic carbocycles. The number of hydrogen-bond acceptors (Lipinski definition) is 6. The van der Waals surface area contributed by atoms with E-state index in [1.165, 1.54) is 10.4 Å². The number of rotatable bonds is 9. The van der Waals surface area contributed by atoms with E-state index in [2.05, 4.69) is 69.3 Å². The van der Waals surface area contributed by atoms with Crippen molar-refractivity contribution in [2.45, 2.75) is 64.4 Å². The maximum Gasteiger partial charge on any atom is 0.455 e. The Balaban J connectivity index is 1.32. The standard InChI is InChI=1S/C44H47BO6Si/c1-29(25-30-15-11-14-22-38(30)46)23-24-39-40-31(28-50-52(44(2,3)4,32-16-7-5-8-17-32)33-18-9-6-10-19-33)26-36-41(37(40)27-45(49)51-39)43(48)35-21-13-12-20-34(35)42(36)47/h5-22,25,36-37,39,41,46,49H,23-24,26-28H2,1-4H3/b29-25+/t36-,37+,39-,41-/m1/s1. The fourth-order valence-corrected chi connectivity index (χ4v) is 13.6. The molecule has 3 aliphatic rings. The molecule has 1 heterocycles. The minimum atomic E-state index is -2.95. The maximum absolute atomic E-state index is 14.3. The Morgan fingerprint density at radius 2 is 1.42 bits per heavy atom. The lowest BCUT2D eigenvalue weighted by molar-refractivity contribution is 0.0591. The molecule has 2 aliphatic carbocycles. The first kappa shape index (κ1) is 36.0. The van der Waals surface area contributed by atoms with Gasteiger partial charge in [-0.2, -0.15) is 0 Å². The molecule has 4 atom stereocenters. The SMILES string of the molecule is C/C(=C\c1ccccc1O)CC[C@H]1OB(O)C[C@H]2C1=C(CO[Si](c1ccccc1)(c1ccccc1)C(C)(C)C)C[C@H]1C(=O)c3ccccc3C(=O)[C@H]12. The fourth-order valence-electron chi connectivity index (χ4n) is 9.06. The van der Waals surface area contributed by atoms with Crippen molar-refractivity contribution in [3.63, 3.8) is 0 Å². The number of fused-ring (bicyclic) bond motifs is 4. The van der Waals surface area contributed by atoms with Crippen molar-refractivity contribution in [3.05, 3.63) is 143 Å². The molecule has 1 fully saturated rings. The lowest BCUT2D eigenvalue weighted by Gasteiger charge is -2.48. The van der Waals surface area contributed by atoms with Gasteiger partial charge in [-0.3, -0.25) is 9.59 Å². The number of benzene rings is 4. The summed E-state index contributed by atoms with van der Waals surface area (Å²) in [5.74, 6) is -1.30. The molecule has 0 spiro atoms. The van der Waals surface area contributed by atoms with Crippen molar-refractivity contribution in [2.24, 2.45) is 17.8 Å². The van der Waals surface area contributed by atoms with Crippen molar-refractivity contribution in [2.75, 3.05) is 6.61 Å². The van der Waals surface area contributed by atoms with Gasteiger partial charge in [-0.15, -0.1) is 0 Å². The van der Waals surface area contributed by atoms with Crippen LogP contribution in [0.5, 0.6) is 5.75 Å². The molecule has 8 heteroatoms. The molecule has 7 rings (SSSR count). The number of carbonyl (C=O) groups is 2. The van der Waals surface area contributed by atoms with E-state index < -0.39 is 33.4 Å². The zero-order chi connectivity index (χ0) is 36.6. The van der Waals surface area contributed by atoms with Gasteiger partial charge in [-0.1, -0.05) is 136 Å². The van der Waals surface area contributed by atoms with Crippen molar-refractivity contribution in [3.8, 4) is 5.75 Å². The van der Waals surface area contributed by atoms with E-state index in [4.69, 9.17) is 9.08 Å². The summed E-state index contributed by atoms with van der Waals surface area (Å²) >= 11 is 0. The number of phenolic OH excluding ortho intramolecular Hbond substituents is 1. The predicted octanol–water partition coefficient (Wildman–Crippen LogP) is 7.66. The van der Waals surface area contributed by atoms with E-state index in [1.54, 1.807) is 24.3 Å². The van der Waals surface area contributed by atoms with E-state index in [9.17, 15) is 19.7 Å². The van der Waals surface area contributed by atoms with Crippen molar-refractivity contribution < 1.29 is 28.8 Å². The molecule has 0 unspecified atom stereocenters. The van der Waals surface area contributed by atoms with Crippen molar-refractivity contribution in [1.82, 2.24) is 0 Å². The third kappa shape index (κ3) is 6.58. The van der Waals surface area contributed by atoms with Gasteiger partial charge in [0.25, 0.3) is 8.32 Å². The molecule has 266 valence electrons. The number of allylic oxidation sites excluding steroid dienone is 1. The Bertz CT molecular complexity index is 1980. The highest BCUT2D eigenvalue weighted by atomic mass is 28.4. The summed E-state index contributed by atoms with van der Waals surface area (Å²) < 4.78 is 13.9. The monoisotopic (exact) mass is 710 g/mol. The second-order valence-electron chi connectivity index (χ2n) is 15.6. The minimum Gasteiger partial charge on any atom is -0.507 e. The average Bonchev–Trinajstić information content (AvgIpc) is 3.14. The van der Waals surface area contributed by atoms with Gasteiger partial charge in [-0.25, -0.2) is 0 Å². The van der Waals surface area contributed by atoms with Crippen LogP contribution in [0, 0.1) is 17.8 Å². The van der Waals surface area contributed by atoms with Gasteiger partial charge >= 0.3 is 7.12 Å². The predicted molar refractivity (Wildman–Crippen MR) is 209 cm³/mol. The topological polar surface area (TPSA) is 93.1 Å². The fraction of sp³-hybridized carbons (Fsp3) is 0.318. The highest BCUT2D eigenvalue weighted by Gasteiger charge is 2.55. The Morgan fingerprint density at radius 3 is 2.04 bits per heavy atom. The molecule has 1 saturated heterocycles. The number of hydrogen-bond donors (Lipinski definition) is 2. The highest BCUT2D eigenvalue weighted by Crippen LogP contribution is 2.51. The largest absolute Gasteiger partial charge is 0.507 e. The summed E-state index contributed by atoms with van der Waals surface area (Å²) in [5, 5.41) is 23.7. The van der Waals surface area contributed by atoms with Gasteiger partial charge in [0.2, 0.25) is 0 Å². The van der Waals surface area contributed by atoms with Gasteiger partial charge in [0, 0.05) is 28.5 Å². The summed E-state index contributed by atoms with van der Waals surface area (Å²) in [6.07, 6.45) is 3.36. The van der Waals surface area contributed by atoms with Crippen LogP contribution < -0.4 is 10.4 Å². The van der Waals surface area contributed by atoms with Crippen LogP contribution in [-0.2, 0) is 9.08 Å². The number of phenols is 1. The van der Waals surface area contributed by atoms with Crippen molar-refractivity contribution >= 4 is 43.5 Å². The molecular weight excluding hydrogens is 663 g/mol. The Hall–Kier alpha value is -4.34. The van der Waals surface area contributed by atoms with Crippen LogP contribution in [0.1, 0.15) is 73.2 Å². The highest BCUT2D eigenvalue weighted by molar-refractivity contribution is 6.99. The first-order chi connectivity index (χ1) is 25.0. The molecule has 0 amide bonds. The molecule has 0 aromatic heterocycles. The zero-order valence-corrected chi connectivity index (χ0v) is 31.4.